The summed E-state index contributed by atoms with van der Waals surface area (Å²) >= 11 is 6.23. The van der Waals surface area contributed by atoms with Gasteiger partial charge in [0.1, 0.15) is 17.3 Å². The monoisotopic (exact) mass is 575 g/mol. The summed E-state index contributed by atoms with van der Waals surface area (Å²) in [4.78, 5) is 28.6. The molecule has 12 nitrogen and oxygen atoms in total. The maximum Gasteiger partial charge on any atom is 0.259 e. The lowest BCUT2D eigenvalue weighted by atomic mass is 10.0. The van der Waals surface area contributed by atoms with Gasteiger partial charge in [0, 0.05) is 61.1 Å². The van der Waals surface area contributed by atoms with Gasteiger partial charge >= 0.3 is 0 Å². The highest BCUT2D eigenvalue weighted by Crippen LogP contribution is 2.27. The van der Waals surface area contributed by atoms with Gasteiger partial charge in [-0.05, 0) is 31.1 Å². The third kappa shape index (κ3) is 6.38. The zero-order valence-corrected chi connectivity index (χ0v) is 23.9. The van der Waals surface area contributed by atoms with Crippen molar-refractivity contribution in [3.8, 4) is 17.8 Å². The van der Waals surface area contributed by atoms with Crippen LogP contribution in [0.2, 0.25) is 0 Å². The summed E-state index contributed by atoms with van der Waals surface area (Å²) in [6.45, 7) is 8.63. The number of morpholine rings is 1. The number of allylic oxidation sites excluding steroid dienone is 2. The lowest BCUT2D eigenvalue weighted by Gasteiger charge is -2.26. The smallest absolute Gasteiger partial charge is 0.259 e. The van der Waals surface area contributed by atoms with Gasteiger partial charge in [0.05, 0.1) is 31.6 Å². The van der Waals surface area contributed by atoms with Gasteiger partial charge in [-0.1, -0.05) is 18.5 Å². The molecule has 1 saturated heterocycles. The van der Waals surface area contributed by atoms with Crippen molar-refractivity contribution < 1.29 is 9.47 Å². The third-order valence-corrected chi connectivity index (χ3v) is 7.07. The molecule has 5 heterocycles. The number of hydrogen-bond acceptors (Lipinski definition) is 10. The van der Waals surface area contributed by atoms with Crippen LogP contribution >= 0.6 is 11.6 Å². The normalized spacial score (nSPS) is 14.5. The van der Waals surface area contributed by atoms with Crippen LogP contribution in [0.3, 0.4) is 0 Å². The minimum Gasteiger partial charge on any atom is -0.418 e. The van der Waals surface area contributed by atoms with E-state index in [9.17, 15) is 10.1 Å². The van der Waals surface area contributed by atoms with Crippen LogP contribution in [0.4, 0.5) is 11.6 Å². The Bertz CT molecular complexity index is 1700. The lowest BCUT2D eigenvalue weighted by Crippen LogP contribution is -2.38. The van der Waals surface area contributed by atoms with Crippen molar-refractivity contribution in [3.63, 3.8) is 0 Å². The van der Waals surface area contributed by atoms with Gasteiger partial charge in [-0.25, -0.2) is 9.97 Å². The quantitative estimate of drug-likeness (QED) is 0.311. The molecule has 0 atom stereocenters. The van der Waals surface area contributed by atoms with Gasteiger partial charge in [0.2, 0.25) is 17.7 Å². The first-order valence-electron chi connectivity index (χ1n) is 13.3. The molecular weight excluding hydrogens is 546 g/mol. The molecule has 4 aromatic heterocycles. The SMILES string of the molecule is CC/C(=C(\C)Cl)c1cc2cnc(Nc3cnc(Oc4ccn(CCN5CCOCC5)n4)c(C#N)c3)nc2n(C)c1=O. The number of nitrogens with one attached hydrogen (secondary N) is 1. The summed E-state index contributed by atoms with van der Waals surface area (Å²) in [6, 6.07) is 7.20. The average molecular weight is 576 g/mol. The van der Waals surface area contributed by atoms with E-state index in [0.29, 0.717) is 46.2 Å². The molecule has 1 N–H and O–H groups in total. The van der Waals surface area contributed by atoms with E-state index in [2.05, 4.69) is 36.3 Å². The topological polar surface area (TPSA) is 136 Å². The Hall–Kier alpha value is -4.31. The molecule has 4 aromatic rings. The molecular formula is C28H30ClN9O3. The molecule has 0 unspecified atom stereocenters. The first-order chi connectivity index (χ1) is 19.9. The summed E-state index contributed by atoms with van der Waals surface area (Å²) in [5.74, 6) is 0.735. The van der Waals surface area contributed by atoms with Crippen LogP contribution in [0.5, 0.6) is 11.8 Å². The van der Waals surface area contributed by atoms with Crippen molar-refractivity contribution in [2.24, 2.45) is 7.05 Å². The summed E-state index contributed by atoms with van der Waals surface area (Å²) in [5.41, 5.74) is 2.27. The fourth-order valence-corrected chi connectivity index (χ4v) is 4.88. The Balaban J connectivity index is 1.31. The van der Waals surface area contributed by atoms with Crippen molar-refractivity contribution in [1.29, 1.82) is 5.26 Å². The highest BCUT2D eigenvalue weighted by Gasteiger charge is 2.15. The Labute approximate surface area is 241 Å². The number of halogens is 1. The highest BCUT2D eigenvalue weighted by atomic mass is 35.5. The zero-order valence-electron chi connectivity index (χ0n) is 23.1. The van der Waals surface area contributed by atoms with Crippen LogP contribution in [0.25, 0.3) is 16.6 Å². The molecule has 1 aliphatic rings. The Kier molecular flexibility index (Phi) is 8.58. The maximum atomic E-state index is 13.1. The number of fused-ring (bicyclic) bond motifs is 1. The Morgan fingerprint density at radius 3 is 2.76 bits per heavy atom. The molecule has 1 fully saturated rings. The van der Waals surface area contributed by atoms with E-state index in [0.717, 1.165) is 38.4 Å². The van der Waals surface area contributed by atoms with E-state index < -0.39 is 0 Å². The molecule has 13 heteroatoms. The molecule has 212 valence electrons. The molecule has 0 amide bonds. The molecule has 0 radical (unpaired) electrons. The van der Waals surface area contributed by atoms with E-state index in [1.54, 1.807) is 43.0 Å². The second kappa shape index (κ2) is 12.5. The average Bonchev–Trinajstić information content (AvgIpc) is 3.43. The van der Waals surface area contributed by atoms with Crippen LogP contribution in [-0.4, -0.2) is 67.0 Å². The van der Waals surface area contributed by atoms with Crippen molar-refractivity contribution in [1.82, 2.24) is 34.2 Å². The predicted molar refractivity (Wildman–Crippen MR) is 155 cm³/mol. The summed E-state index contributed by atoms with van der Waals surface area (Å²) in [5, 5.41) is 18.5. The van der Waals surface area contributed by atoms with E-state index in [4.69, 9.17) is 21.1 Å². The standard InChI is InChI=1S/C28H30ClN9O3/c1-4-22(18(2)29)23-14-20-16-32-28(34-25(20)36(3)27(23)39)33-21-13-19(15-30)26(31-17-21)41-24-5-6-38(35-24)8-7-37-9-11-40-12-10-37/h5-6,13-14,16-17H,4,7-12H2,1-3H3,(H,32,33,34)/b22-18-. The molecule has 0 bridgehead atoms. The van der Waals surface area contributed by atoms with Crippen LogP contribution in [-0.2, 0) is 18.3 Å². The number of aromatic nitrogens is 6. The second-order valence-corrected chi connectivity index (χ2v) is 10.1. The van der Waals surface area contributed by atoms with E-state index in [1.807, 2.05) is 13.1 Å². The maximum absolute atomic E-state index is 13.1. The van der Waals surface area contributed by atoms with Gasteiger partial charge in [0.15, 0.2) is 0 Å². The van der Waals surface area contributed by atoms with Crippen LogP contribution in [0.15, 0.2) is 46.6 Å². The number of anilines is 2. The minimum absolute atomic E-state index is 0.139. The number of aryl methyl sites for hydroxylation is 1. The molecule has 0 aromatic carbocycles. The van der Waals surface area contributed by atoms with Crippen molar-refractivity contribution in [3.05, 3.63) is 63.3 Å². The van der Waals surface area contributed by atoms with Crippen LogP contribution in [0, 0.1) is 11.3 Å². The summed E-state index contributed by atoms with van der Waals surface area (Å²) in [6.07, 6.45) is 5.61. The third-order valence-electron chi connectivity index (χ3n) is 6.84. The first-order valence-corrected chi connectivity index (χ1v) is 13.6. The number of nitriles is 1. The van der Waals surface area contributed by atoms with Crippen molar-refractivity contribution in [2.75, 3.05) is 38.2 Å². The first kappa shape index (κ1) is 28.2. The van der Waals surface area contributed by atoms with Crippen LogP contribution in [0.1, 0.15) is 31.4 Å². The van der Waals surface area contributed by atoms with Crippen molar-refractivity contribution in [2.45, 2.75) is 26.8 Å². The molecule has 0 spiro atoms. The Morgan fingerprint density at radius 2 is 2.02 bits per heavy atom. The predicted octanol–water partition coefficient (Wildman–Crippen LogP) is 4.04. The zero-order chi connectivity index (χ0) is 28.9. The molecule has 0 aliphatic carbocycles. The molecule has 0 saturated carbocycles. The summed E-state index contributed by atoms with van der Waals surface area (Å²) < 4.78 is 14.5. The number of hydrogen-bond donors (Lipinski definition) is 1. The van der Waals surface area contributed by atoms with Gasteiger partial charge in [-0.2, -0.15) is 10.2 Å². The largest absolute Gasteiger partial charge is 0.418 e. The Morgan fingerprint density at radius 1 is 1.22 bits per heavy atom. The fourth-order valence-electron chi connectivity index (χ4n) is 4.64. The van der Waals surface area contributed by atoms with Gasteiger partial charge < -0.3 is 14.8 Å². The highest BCUT2D eigenvalue weighted by molar-refractivity contribution is 6.32. The van der Waals surface area contributed by atoms with E-state index in [1.165, 1.54) is 10.8 Å². The molecule has 1 aliphatic heterocycles. The summed E-state index contributed by atoms with van der Waals surface area (Å²) in [7, 11) is 1.66. The van der Waals surface area contributed by atoms with Gasteiger partial charge in [-0.3, -0.25) is 18.9 Å². The van der Waals surface area contributed by atoms with Gasteiger partial charge in [0.25, 0.3) is 5.56 Å². The van der Waals surface area contributed by atoms with Crippen LogP contribution < -0.4 is 15.6 Å². The minimum atomic E-state index is -0.197. The molecule has 5 rings (SSSR count). The second-order valence-electron chi connectivity index (χ2n) is 9.55. The number of rotatable bonds is 9. The number of nitrogens with zero attached hydrogens (tertiary/aromatic N) is 8. The van der Waals surface area contributed by atoms with Crippen molar-refractivity contribution >= 4 is 39.8 Å². The van der Waals surface area contributed by atoms with E-state index in [-0.39, 0.29) is 23.0 Å². The van der Waals surface area contributed by atoms with Gasteiger partial charge in [-0.15, -0.1) is 5.10 Å². The number of pyridine rings is 2. The van der Waals surface area contributed by atoms with E-state index >= 15 is 0 Å². The molecule has 41 heavy (non-hydrogen) atoms. The fraction of sp³-hybridized carbons (Fsp3) is 0.357. The lowest BCUT2D eigenvalue weighted by molar-refractivity contribution is 0.0359. The number of ether oxygens (including phenoxy) is 2.